The number of Topliss-reactive ketones (excluding diaryl/α,β-unsaturated/α-hetero) is 2. The summed E-state index contributed by atoms with van der Waals surface area (Å²) in [4.78, 5) is 34.7. The second kappa shape index (κ2) is 2.93. The zero-order valence-electron chi connectivity index (χ0n) is 9.99. The molecule has 0 saturated heterocycles. The van der Waals surface area contributed by atoms with Gasteiger partial charge in [0.1, 0.15) is 6.10 Å². The van der Waals surface area contributed by atoms with Gasteiger partial charge in [-0.05, 0) is 18.8 Å². The normalized spacial score (nSPS) is 40.2. The van der Waals surface area contributed by atoms with Crippen LogP contribution >= 0.6 is 0 Å². The van der Waals surface area contributed by atoms with Crippen LogP contribution in [0.4, 0.5) is 0 Å². The first kappa shape index (κ1) is 11.3. The maximum Gasteiger partial charge on any atom is 0.302 e. The minimum atomic E-state index is -0.847. The molecule has 2 aliphatic rings. The lowest BCUT2D eigenvalue weighted by molar-refractivity contribution is -0.160. The third-order valence-electron chi connectivity index (χ3n) is 4.62. The highest BCUT2D eigenvalue weighted by atomic mass is 16.5. The van der Waals surface area contributed by atoms with Gasteiger partial charge in [0.05, 0.1) is 5.41 Å². The Labute approximate surface area is 94.3 Å². The van der Waals surface area contributed by atoms with Gasteiger partial charge in [-0.1, -0.05) is 13.8 Å². The summed E-state index contributed by atoms with van der Waals surface area (Å²) in [5.41, 5.74) is -1.26. The zero-order valence-corrected chi connectivity index (χ0v) is 9.99. The molecule has 0 aromatic rings. The average molecular weight is 224 g/mol. The van der Waals surface area contributed by atoms with Gasteiger partial charge in [-0.25, -0.2) is 0 Å². The van der Waals surface area contributed by atoms with Crippen molar-refractivity contribution in [1.82, 2.24) is 0 Å². The van der Waals surface area contributed by atoms with Crippen LogP contribution in [-0.2, 0) is 19.1 Å². The molecule has 2 aliphatic carbocycles. The number of hydrogen-bond acceptors (Lipinski definition) is 4. The van der Waals surface area contributed by atoms with E-state index in [1.165, 1.54) is 6.92 Å². The molecule has 0 aliphatic heterocycles. The Kier molecular flexibility index (Phi) is 2.07. The maximum atomic E-state index is 12.0. The second-order valence-corrected chi connectivity index (χ2v) is 5.50. The van der Waals surface area contributed by atoms with Gasteiger partial charge in [0.15, 0.2) is 0 Å². The third kappa shape index (κ3) is 1.02. The Balaban J connectivity index is 2.43. The van der Waals surface area contributed by atoms with Crippen LogP contribution in [0.2, 0.25) is 0 Å². The van der Waals surface area contributed by atoms with E-state index in [0.29, 0.717) is 6.42 Å². The SMILES string of the molecule is CC(=O)O[C@@H]1C[C@H]2C(=O)C(=O)[C@@]1(C)C2(C)C. The van der Waals surface area contributed by atoms with Crippen molar-refractivity contribution in [2.75, 3.05) is 0 Å². The van der Waals surface area contributed by atoms with Gasteiger partial charge in [0, 0.05) is 12.8 Å². The van der Waals surface area contributed by atoms with Crippen molar-refractivity contribution in [3.05, 3.63) is 0 Å². The summed E-state index contributed by atoms with van der Waals surface area (Å²) in [6.07, 6.45) is 0.0309. The topological polar surface area (TPSA) is 60.4 Å². The molecule has 4 heteroatoms. The highest BCUT2D eigenvalue weighted by molar-refractivity contribution is 6.43. The van der Waals surface area contributed by atoms with Crippen LogP contribution in [0.25, 0.3) is 0 Å². The lowest BCUT2D eigenvalue weighted by Gasteiger charge is -2.35. The molecule has 2 rings (SSSR count). The molecule has 2 saturated carbocycles. The molecule has 0 radical (unpaired) electrons. The van der Waals surface area contributed by atoms with Gasteiger partial charge >= 0.3 is 5.97 Å². The number of rotatable bonds is 1. The van der Waals surface area contributed by atoms with Gasteiger partial charge < -0.3 is 4.74 Å². The minimum Gasteiger partial charge on any atom is -0.461 e. The molecule has 0 aromatic carbocycles. The molecular weight excluding hydrogens is 208 g/mol. The summed E-state index contributed by atoms with van der Waals surface area (Å²) in [7, 11) is 0. The molecule has 2 bridgehead atoms. The van der Waals surface area contributed by atoms with Crippen molar-refractivity contribution in [2.24, 2.45) is 16.7 Å². The van der Waals surface area contributed by atoms with Gasteiger partial charge in [0.2, 0.25) is 11.6 Å². The van der Waals surface area contributed by atoms with E-state index in [1.54, 1.807) is 6.92 Å². The van der Waals surface area contributed by atoms with Crippen LogP contribution in [-0.4, -0.2) is 23.6 Å². The number of hydrogen-bond donors (Lipinski definition) is 0. The molecule has 0 unspecified atom stereocenters. The van der Waals surface area contributed by atoms with E-state index >= 15 is 0 Å². The fourth-order valence-corrected chi connectivity index (χ4v) is 3.18. The number of carbonyl (C=O) groups excluding carboxylic acids is 3. The monoisotopic (exact) mass is 224 g/mol. The molecule has 0 amide bonds. The first-order chi connectivity index (χ1) is 7.23. The highest BCUT2D eigenvalue weighted by Gasteiger charge is 2.72. The van der Waals surface area contributed by atoms with Crippen molar-refractivity contribution in [1.29, 1.82) is 0 Å². The Bertz CT molecular complexity index is 396. The van der Waals surface area contributed by atoms with Crippen molar-refractivity contribution in [2.45, 2.75) is 40.2 Å². The maximum absolute atomic E-state index is 12.0. The number of ether oxygens (including phenoxy) is 1. The number of fused-ring (bicyclic) bond motifs is 2. The molecule has 4 nitrogen and oxygen atoms in total. The average Bonchev–Trinajstić information content (AvgIpc) is 2.41. The van der Waals surface area contributed by atoms with E-state index in [4.69, 9.17) is 4.74 Å². The van der Waals surface area contributed by atoms with E-state index in [9.17, 15) is 14.4 Å². The Morgan fingerprint density at radius 2 is 1.88 bits per heavy atom. The summed E-state index contributed by atoms with van der Waals surface area (Å²) in [6.45, 7) is 6.89. The third-order valence-corrected chi connectivity index (χ3v) is 4.62. The van der Waals surface area contributed by atoms with Gasteiger partial charge in [-0.15, -0.1) is 0 Å². The van der Waals surface area contributed by atoms with E-state index in [1.807, 2.05) is 13.8 Å². The molecule has 0 N–H and O–H groups in total. The quantitative estimate of drug-likeness (QED) is 0.494. The van der Waals surface area contributed by atoms with Crippen molar-refractivity contribution in [3.8, 4) is 0 Å². The first-order valence-electron chi connectivity index (χ1n) is 5.48. The van der Waals surface area contributed by atoms with E-state index in [-0.39, 0.29) is 17.5 Å². The fourth-order valence-electron chi connectivity index (χ4n) is 3.18. The molecular formula is C12H16O4. The lowest BCUT2D eigenvalue weighted by atomic mass is 9.69. The number of esters is 1. The largest absolute Gasteiger partial charge is 0.461 e. The standard InChI is InChI=1S/C12H16O4/c1-6(13)16-8-5-7-9(14)10(15)12(8,4)11(7,2)3/h7-8H,5H2,1-4H3/t7-,8+,12-/m0/s1. The van der Waals surface area contributed by atoms with Crippen LogP contribution in [0.1, 0.15) is 34.1 Å². The Morgan fingerprint density at radius 3 is 2.25 bits per heavy atom. The second-order valence-electron chi connectivity index (χ2n) is 5.50. The predicted molar refractivity (Wildman–Crippen MR) is 55.6 cm³/mol. The van der Waals surface area contributed by atoms with Gasteiger partial charge in [-0.2, -0.15) is 0 Å². The summed E-state index contributed by atoms with van der Waals surface area (Å²) in [5, 5.41) is 0. The van der Waals surface area contributed by atoms with Crippen LogP contribution in [0.15, 0.2) is 0 Å². The summed E-state index contributed by atoms with van der Waals surface area (Å²) >= 11 is 0. The van der Waals surface area contributed by atoms with Crippen molar-refractivity contribution >= 4 is 17.5 Å². The smallest absolute Gasteiger partial charge is 0.302 e. The van der Waals surface area contributed by atoms with Crippen LogP contribution in [0.5, 0.6) is 0 Å². The van der Waals surface area contributed by atoms with Gasteiger partial charge in [-0.3, -0.25) is 14.4 Å². The highest BCUT2D eigenvalue weighted by Crippen LogP contribution is 2.62. The van der Waals surface area contributed by atoms with Crippen molar-refractivity contribution in [3.63, 3.8) is 0 Å². The van der Waals surface area contributed by atoms with Crippen LogP contribution in [0, 0.1) is 16.7 Å². The molecule has 88 valence electrons. The fraction of sp³-hybridized carbons (Fsp3) is 0.750. The first-order valence-corrected chi connectivity index (χ1v) is 5.48. The molecule has 0 aromatic heterocycles. The lowest BCUT2D eigenvalue weighted by Crippen LogP contribution is -2.45. The van der Waals surface area contributed by atoms with E-state index in [2.05, 4.69) is 0 Å². The Morgan fingerprint density at radius 1 is 1.31 bits per heavy atom. The summed E-state index contributed by atoms with van der Waals surface area (Å²) < 4.78 is 5.19. The molecule has 0 heterocycles. The summed E-state index contributed by atoms with van der Waals surface area (Å²) in [6, 6.07) is 0. The van der Waals surface area contributed by atoms with Crippen LogP contribution < -0.4 is 0 Å². The summed E-state index contributed by atoms with van der Waals surface area (Å²) in [5.74, 6) is -1.36. The minimum absolute atomic E-state index is 0.295. The molecule has 2 fully saturated rings. The van der Waals surface area contributed by atoms with Crippen molar-refractivity contribution < 1.29 is 19.1 Å². The zero-order chi connectivity index (χ0) is 12.3. The number of carbonyl (C=O) groups is 3. The van der Waals surface area contributed by atoms with Crippen LogP contribution in [0.3, 0.4) is 0 Å². The number of ketones is 2. The predicted octanol–water partition coefficient (Wildman–Crippen LogP) is 1.12. The molecule has 3 atom stereocenters. The van der Waals surface area contributed by atoms with E-state index in [0.717, 1.165) is 0 Å². The molecule has 0 spiro atoms. The molecule has 16 heavy (non-hydrogen) atoms. The Hall–Kier alpha value is -1.19. The van der Waals surface area contributed by atoms with Gasteiger partial charge in [0.25, 0.3) is 0 Å². The van der Waals surface area contributed by atoms with E-state index < -0.39 is 22.9 Å².